The molecule has 0 aromatic heterocycles. The van der Waals surface area contributed by atoms with Crippen molar-refractivity contribution in [3.05, 3.63) is 58.9 Å². The molecule has 0 saturated carbocycles. The summed E-state index contributed by atoms with van der Waals surface area (Å²) in [6.45, 7) is 1.77. The summed E-state index contributed by atoms with van der Waals surface area (Å²) in [5.74, 6) is 0.765. The van der Waals surface area contributed by atoms with Crippen LogP contribution in [0, 0.1) is 5.82 Å². The van der Waals surface area contributed by atoms with Crippen LogP contribution < -0.4 is 14.8 Å². The van der Waals surface area contributed by atoms with Gasteiger partial charge in [-0.2, -0.15) is 0 Å². The summed E-state index contributed by atoms with van der Waals surface area (Å²) in [7, 11) is 1.61. The van der Waals surface area contributed by atoms with Crippen LogP contribution >= 0.6 is 0 Å². The standard InChI is InChI=1S/C20H22FNO4/c1-24-14-4-2-13(3-5-14)12-25-15-10-16-18(17(21)11-15)20(26-19(16)23)6-8-22-9-7-20/h2-5,10-11,19,22-23H,6-9,12H2,1H3. The van der Waals surface area contributed by atoms with E-state index in [1.165, 1.54) is 6.07 Å². The Balaban J connectivity index is 1.56. The van der Waals surface area contributed by atoms with E-state index in [-0.39, 0.29) is 5.82 Å². The van der Waals surface area contributed by atoms with Gasteiger partial charge in [-0.1, -0.05) is 12.1 Å². The molecule has 1 atom stereocenters. The monoisotopic (exact) mass is 359 g/mol. The second-order valence-electron chi connectivity index (χ2n) is 6.72. The quantitative estimate of drug-likeness (QED) is 0.879. The van der Waals surface area contributed by atoms with E-state index in [1.807, 2.05) is 24.3 Å². The van der Waals surface area contributed by atoms with Crippen molar-refractivity contribution < 1.29 is 23.7 Å². The first-order valence-corrected chi connectivity index (χ1v) is 8.77. The fraction of sp³-hybridized carbons (Fsp3) is 0.400. The highest BCUT2D eigenvalue weighted by molar-refractivity contribution is 5.44. The maximum Gasteiger partial charge on any atom is 0.182 e. The van der Waals surface area contributed by atoms with Crippen LogP contribution in [0.2, 0.25) is 0 Å². The summed E-state index contributed by atoms with van der Waals surface area (Å²) in [5, 5.41) is 13.6. The van der Waals surface area contributed by atoms with E-state index < -0.39 is 11.9 Å². The van der Waals surface area contributed by atoms with Crippen LogP contribution in [0.1, 0.15) is 35.8 Å². The molecule has 2 aliphatic rings. The lowest BCUT2D eigenvalue weighted by molar-refractivity contribution is -0.182. The van der Waals surface area contributed by atoms with Crippen LogP contribution in [0.15, 0.2) is 36.4 Å². The molecule has 0 aliphatic carbocycles. The zero-order chi connectivity index (χ0) is 18.1. The number of hydrogen-bond acceptors (Lipinski definition) is 5. The number of fused-ring (bicyclic) bond motifs is 2. The van der Waals surface area contributed by atoms with Crippen molar-refractivity contribution >= 4 is 0 Å². The van der Waals surface area contributed by atoms with Gasteiger partial charge in [-0.3, -0.25) is 0 Å². The predicted molar refractivity (Wildman–Crippen MR) is 93.6 cm³/mol. The largest absolute Gasteiger partial charge is 0.497 e. The van der Waals surface area contributed by atoms with E-state index in [2.05, 4.69) is 5.32 Å². The first-order chi connectivity index (χ1) is 12.6. The summed E-state index contributed by atoms with van der Waals surface area (Å²) < 4.78 is 31.5. The van der Waals surface area contributed by atoms with E-state index >= 15 is 0 Å². The van der Waals surface area contributed by atoms with Crippen LogP contribution in [0.25, 0.3) is 0 Å². The number of piperidine rings is 1. The summed E-state index contributed by atoms with van der Waals surface area (Å²) >= 11 is 0. The van der Waals surface area contributed by atoms with Crippen molar-refractivity contribution in [3.8, 4) is 11.5 Å². The number of ether oxygens (including phenoxy) is 3. The van der Waals surface area contributed by atoms with Crippen LogP contribution in [-0.2, 0) is 16.9 Å². The molecule has 2 aromatic rings. The topological polar surface area (TPSA) is 60.0 Å². The van der Waals surface area contributed by atoms with Crippen LogP contribution in [0.4, 0.5) is 4.39 Å². The number of aliphatic hydroxyl groups is 1. The van der Waals surface area contributed by atoms with Gasteiger partial charge < -0.3 is 24.6 Å². The second-order valence-corrected chi connectivity index (χ2v) is 6.72. The van der Waals surface area contributed by atoms with Gasteiger partial charge in [-0.25, -0.2) is 4.39 Å². The summed E-state index contributed by atoms with van der Waals surface area (Å²) in [6.07, 6.45) is 0.155. The molecule has 6 heteroatoms. The maximum atomic E-state index is 14.9. The van der Waals surface area contributed by atoms with E-state index in [4.69, 9.17) is 14.2 Å². The first kappa shape index (κ1) is 17.3. The van der Waals surface area contributed by atoms with Gasteiger partial charge in [0.15, 0.2) is 6.29 Å². The molecule has 1 fully saturated rings. The second kappa shape index (κ2) is 6.87. The van der Waals surface area contributed by atoms with Gasteiger partial charge in [0, 0.05) is 17.2 Å². The lowest BCUT2D eigenvalue weighted by atomic mass is 9.84. The molecule has 0 amide bonds. The Bertz CT molecular complexity index is 787. The smallest absolute Gasteiger partial charge is 0.182 e. The van der Waals surface area contributed by atoms with Gasteiger partial charge in [0.05, 0.1) is 7.11 Å². The molecular formula is C20H22FNO4. The molecular weight excluding hydrogens is 337 g/mol. The Morgan fingerprint density at radius 1 is 1.19 bits per heavy atom. The number of nitrogens with one attached hydrogen (secondary N) is 1. The third-order valence-electron chi connectivity index (χ3n) is 5.13. The fourth-order valence-corrected chi connectivity index (χ4v) is 3.78. The molecule has 2 aliphatic heterocycles. The number of rotatable bonds is 4. The molecule has 4 rings (SSSR count). The minimum absolute atomic E-state index is 0.300. The van der Waals surface area contributed by atoms with Gasteiger partial charge in [0.2, 0.25) is 0 Å². The maximum absolute atomic E-state index is 14.9. The Morgan fingerprint density at radius 2 is 1.92 bits per heavy atom. The Labute approximate surface area is 151 Å². The molecule has 2 heterocycles. The molecule has 2 N–H and O–H groups in total. The van der Waals surface area contributed by atoms with Crippen molar-refractivity contribution in [2.75, 3.05) is 20.2 Å². The Hall–Kier alpha value is -2.15. The van der Waals surface area contributed by atoms with E-state index in [1.54, 1.807) is 13.2 Å². The third-order valence-corrected chi connectivity index (χ3v) is 5.13. The van der Waals surface area contributed by atoms with E-state index in [0.29, 0.717) is 36.3 Å². The minimum atomic E-state index is -1.12. The summed E-state index contributed by atoms with van der Waals surface area (Å²) in [4.78, 5) is 0. The third kappa shape index (κ3) is 3.05. The number of halogens is 1. The van der Waals surface area contributed by atoms with Gasteiger partial charge in [0.25, 0.3) is 0 Å². The zero-order valence-electron chi connectivity index (χ0n) is 14.6. The van der Waals surface area contributed by atoms with Crippen molar-refractivity contribution in [2.45, 2.75) is 31.3 Å². The van der Waals surface area contributed by atoms with Crippen molar-refractivity contribution in [1.82, 2.24) is 5.32 Å². The molecule has 1 unspecified atom stereocenters. The fourth-order valence-electron chi connectivity index (χ4n) is 3.78. The van der Waals surface area contributed by atoms with Gasteiger partial charge in [-0.05, 0) is 49.7 Å². The van der Waals surface area contributed by atoms with Crippen molar-refractivity contribution in [1.29, 1.82) is 0 Å². The number of benzene rings is 2. The highest BCUT2D eigenvalue weighted by atomic mass is 19.1. The van der Waals surface area contributed by atoms with Gasteiger partial charge in [-0.15, -0.1) is 0 Å². The molecule has 138 valence electrons. The molecule has 0 bridgehead atoms. The lowest BCUT2D eigenvalue weighted by Gasteiger charge is -2.34. The van der Waals surface area contributed by atoms with Crippen LogP contribution in [0.5, 0.6) is 11.5 Å². The number of aliphatic hydroxyl groups excluding tert-OH is 1. The molecule has 5 nitrogen and oxygen atoms in total. The minimum Gasteiger partial charge on any atom is -0.497 e. The van der Waals surface area contributed by atoms with E-state index in [0.717, 1.165) is 24.4 Å². The normalized spacial score (nSPS) is 20.8. The zero-order valence-corrected chi connectivity index (χ0v) is 14.6. The highest BCUT2D eigenvalue weighted by Crippen LogP contribution is 2.49. The Kier molecular flexibility index (Phi) is 4.56. The average molecular weight is 359 g/mol. The average Bonchev–Trinajstić information content (AvgIpc) is 2.92. The molecule has 1 saturated heterocycles. The van der Waals surface area contributed by atoms with Crippen LogP contribution in [0.3, 0.4) is 0 Å². The number of hydrogen-bond donors (Lipinski definition) is 2. The summed E-state index contributed by atoms with van der Waals surface area (Å²) in [6, 6.07) is 10.5. The molecule has 1 spiro atoms. The van der Waals surface area contributed by atoms with Crippen LogP contribution in [-0.4, -0.2) is 25.3 Å². The van der Waals surface area contributed by atoms with E-state index in [9.17, 15) is 9.50 Å². The van der Waals surface area contributed by atoms with Gasteiger partial charge in [0.1, 0.15) is 29.5 Å². The lowest BCUT2D eigenvalue weighted by Crippen LogP contribution is -2.40. The van der Waals surface area contributed by atoms with Crippen molar-refractivity contribution in [3.63, 3.8) is 0 Å². The predicted octanol–water partition coefficient (Wildman–Crippen LogP) is 3.01. The molecule has 26 heavy (non-hydrogen) atoms. The summed E-state index contributed by atoms with van der Waals surface area (Å²) in [5.41, 5.74) is 1.15. The first-order valence-electron chi connectivity index (χ1n) is 8.77. The van der Waals surface area contributed by atoms with Gasteiger partial charge >= 0.3 is 0 Å². The Morgan fingerprint density at radius 3 is 2.62 bits per heavy atom. The molecule has 0 radical (unpaired) electrons. The van der Waals surface area contributed by atoms with Crippen molar-refractivity contribution in [2.24, 2.45) is 0 Å². The molecule has 2 aromatic carbocycles. The highest BCUT2D eigenvalue weighted by Gasteiger charge is 2.47. The SMILES string of the molecule is COc1ccc(COc2cc(F)c3c(c2)C(O)OC32CCNCC2)cc1. The number of methoxy groups -OCH3 is 1.